The molecule has 1 atom stereocenters. The van der Waals surface area contributed by atoms with Gasteiger partial charge in [-0.15, -0.1) is 0 Å². The monoisotopic (exact) mass is 211 g/mol. The highest BCUT2D eigenvalue weighted by Gasteiger charge is 2.34. The number of likely N-dealkylation sites (tertiary alicyclic amines) is 1. The van der Waals surface area contributed by atoms with Crippen molar-refractivity contribution < 1.29 is 0 Å². The summed E-state index contributed by atoms with van der Waals surface area (Å²) in [5.41, 5.74) is 0. The molecule has 2 fully saturated rings. The van der Waals surface area contributed by atoms with Crippen LogP contribution in [0.15, 0.2) is 0 Å². The number of hydrogen-bond donors (Lipinski definition) is 1. The van der Waals surface area contributed by atoms with Crippen molar-refractivity contribution >= 4 is 0 Å². The second-order valence-electron chi connectivity index (χ2n) is 4.83. The van der Waals surface area contributed by atoms with E-state index in [0.29, 0.717) is 0 Å². The molecule has 2 aliphatic rings. The van der Waals surface area contributed by atoms with Crippen molar-refractivity contribution in [2.24, 2.45) is 0 Å². The maximum Gasteiger partial charge on any atom is 0.0350 e. The molecule has 0 amide bonds. The molecule has 2 heterocycles. The van der Waals surface area contributed by atoms with Crippen molar-refractivity contribution in [2.45, 2.75) is 38.8 Å². The van der Waals surface area contributed by atoms with Crippen LogP contribution in [0.2, 0.25) is 0 Å². The van der Waals surface area contributed by atoms with Crippen molar-refractivity contribution in [1.29, 1.82) is 0 Å². The molecule has 0 aromatic carbocycles. The van der Waals surface area contributed by atoms with Gasteiger partial charge in [0.15, 0.2) is 0 Å². The van der Waals surface area contributed by atoms with Crippen LogP contribution in [-0.4, -0.2) is 61.2 Å². The summed E-state index contributed by atoms with van der Waals surface area (Å²) in [7, 11) is 0. The lowest BCUT2D eigenvalue weighted by Crippen LogP contribution is -2.64. The Labute approximate surface area is 93.8 Å². The number of nitrogens with one attached hydrogen (secondary N) is 1. The molecule has 1 unspecified atom stereocenters. The molecular weight excluding hydrogens is 186 g/mol. The summed E-state index contributed by atoms with van der Waals surface area (Å²) in [4.78, 5) is 5.25. The van der Waals surface area contributed by atoms with Crippen molar-refractivity contribution in [3.8, 4) is 0 Å². The maximum atomic E-state index is 3.50. The van der Waals surface area contributed by atoms with Gasteiger partial charge in [0.25, 0.3) is 0 Å². The average Bonchev–Trinajstić information content (AvgIpc) is 2.24. The highest BCUT2D eigenvalue weighted by Crippen LogP contribution is 2.21. The van der Waals surface area contributed by atoms with Gasteiger partial charge in [-0.25, -0.2) is 0 Å². The quantitative estimate of drug-likeness (QED) is 0.741. The summed E-state index contributed by atoms with van der Waals surface area (Å²) < 4.78 is 0. The van der Waals surface area contributed by atoms with E-state index in [4.69, 9.17) is 0 Å². The lowest BCUT2D eigenvalue weighted by atomic mass is 9.98. The molecule has 0 aromatic rings. The standard InChI is InChI=1S/C12H25N3/c1-3-14(4-2)12-9-15(10-12)11-6-5-7-13-8-11/h11-13H,3-10H2,1-2H3. The van der Waals surface area contributed by atoms with E-state index in [-0.39, 0.29) is 0 Å². The van der Waals surface area contributed by atoms with Crippen LogP contribution in [0.3, 0.4) is 0 Å². The molecule has 2 rings (SSSR count). The number of piperidine rings is 1. The Kier molecular flexibility index (Phi) is 4.00. The van der Waals surface area contributed by atoms with Gasteiger partial charge in [-0.2, -0.15) is 0 Å². The van der Waals surface area contributed by atoms with Crippen LogP contribution in [-0.2, 0) is 0 Å². The van der Waals surface area contributed by atoms with E-state index in [9.17, 15) is 0 Å². The normalized spacial score (nSPS) is 29.4. The molecular formula is C12H25N3. The van der Waals surface area contributed by atoms with Crippen LogP contribution in [0.25, 0.3) is 0 Å². The fourth-order valence-corrected chi connectivity index (χ4v) is 2.90. The Morgan fingerprint density at radius 2 is 2.00 bits per heavy atom. The molecule has 88 valence electrons. The number of nitrogens with zero attached hydrogens (tertiary/aromatic N) is 2. The van der Waals surface area contributed by atoms with Crippen LogP contribution in [0.5, 0.6) is 0 Å². The second kappa shape index (κ2) is 5.28. The summed E-state index contributed by atoms with van der Waals surface area (Å²) in [5, 5.41) is 3.50. The Balaban J connectivity index is 1.72. The van der Waals surface area contributed by atoms with Crippen molar-refractivity contribution in [3.63, 3.8) is 0 Å². The molecule has 2 saturated heterocycles. The predicted molar refractivity (Wildman–Crippen MR) is 64.2 cm³/mol. The summed E-state index contributed by atoms with van der Waals surface area (Å²) in [6.07, 6.45) is 2.76. The molecule has 2 aliphatic heterocycles. The van der Waals surface area contributed by atoms with E-state index >= 15 is 0 Å². The minimum absolute atomic E-state index is 0.825. The largest absolute Gasteiger partial charge is 0.315 e. The van der Waals surface area contributed by atoms with Crippen molar-refractivity contribution in [2.75, 3.05) is 39.3 Å². The molecule has 0 saturated carbocycles. The maximum absolute atomic E-state index is 3.50. The first kappa shape index (κ1) is 11.4. The topological polar surface area (TPSA) is 18.5 Å². The lowest BCUT2D eigenvalue weighted by Gasteiger charge is -2.49. The Bertz CT molecular complexity index is 179. The molecule has 3 nitrogen and oxygen atoms in total. The van der Waals surface area contributed by atoms with Gasteiger partial charge in [-0.05, 0) is 32.5 Å². The molecule has 15 heavy (non-hydrogen) atoms. The van der Waals surface area contributed by atoms with E-state index in [1.807, 2.05) is 0 Å². The smallest absolute Gasteiger partial charge is 0.0350 e. The molecule has 0 bridgehead atoms. The predicted octanol–water partition coefficient (Wildman–Crippen LogP) is 0.764. The van der Waals surface area contributed by atoms with Gasteiger partial charge in [-0.3, -0.25) is 9.80 Å². The van der Waals surface area contributed by atoms with Crippen LogP contribution in [0, 0.1) is 0 Å². The first-order valence-electron chi connectivity index (χ1n) is 6.54. The van der Waals surface area contributed by atoms with Crippen molar-refractivity contribution in [1.82, 2.24) is 15.1 Å². The van der Waals surface area contributed by atoms with Crippen molar-refractivity contribution in [3.05, 3.63) is 0 Å². The fraction of sp³-hybridized carbons (Fsp3) is 1.00. The van der Waals surface area contributed by atoms with Gasteiger partial charge in [0, 0.05) is 31.7 Å². The van der Waals surface area contributed by atoms with Gasteiger partial charge in [0.2, 0.25) is 0 Å². The molecule has 0 spiro atoms. The molecule has 0 radical (unpaired) electrons. The first-order chi connectivity index (χ1) is 7.35. The lowest BCUT2D eigenvalue weighted by molar-refractivity contribution is 0.00234. The zero-order valence-corrected chi connectivity index (χ0v) is 10.2. The van der Waals surface area contributed by atoms with Gasteiger partial charge >= 0.3 is 0 Å². The summed E-state index contributed by atoms with van der Waals surface area (Å²) in [5.74, 6) is 0. The van der Waals surface area contributed by atoms with Crippen LogP contribution < -0.4 is 5.32 Å². The number of rotatable bonds is 4. The van der Waals surface area contributed by atoms with Crippen LogP contribution in [0.4, 0.5) is 0 Å². The van der Waals surface area contributed by atoms with Gasteiger partial charge in [-0.1, -0.05) is 13.8 Å². The summed E-state index contributed by atoms with van der Waals surface area (Å²) in [6, 6.07) is 1.66. The number of likely N-dealkylation sites (N-methyl/N-ethyl adjacent to an activating group) is 1. The molecule has 0 aliphatic carbocycles. The minimum atomic E-state index is 0.825. The third-order valence-corrected chi connectivity index (χ3v) is 4.01. The van der Waals surface area contributed by atoms with E-state index < -0.39 is 0 Å². The first-order valence-corrected chi connectivity index (χ1v) is 6.54. The third-order valence-electron chi connectivity index (χ3n) is 4.01. The average molecular weight is 211 g/mol. The fourth-order valence-electron chi connectivity index (χ4n) is 2.90. The Hall–Kier alpha value is -0.120. The van der Waals surface area contributed by atoms with Crippen LogP contribution in [0.1, 0.15) is 26.7 Å². The zero-order valence-electron chi connectivity index (χ0n) is 10.2. The molecule has 0 aromatic heterocycles. The van der Waals surface area contributed by atoms with E-state index in [2.05, 4.69) is 29.0 Å². The highest BCUT2D eigenvalue weighted by molar-refractivity contribution is 4.93. The second-order valence-corrected chi connectivity index (χ2v) is 4.83. The zero-order chi connectivity index (χ0) is 10.7. The number of hydrogen-bond acceptors (Lipinski definition) is 3. The van der Waals surface area contributed by atoms with E-state index in [1.165, 1.54) is 52.1 Å². The summed E-state index contributed by atoms with van der Waals surface area (Å²) >= 11 is 0. The van der Waals surface area contributed by atoms with Gasteiger partial charge < -0.3 is 5.32 Å². The van der Waals surface area contributed by atoms with Gasteiger partial charge in [0.1, 0.15) is 0 Å². The van der Waals surface area contributed by atoms with Crippen LogP contribution >= 0.6 is 0 Å². The highest BCUT2D eigenvalue weighted by atomic mass is 15.3. The third kappa shape index (κ3) is 2.52. The Morgan fingerprint density at radius 1 is 1.27 bits per heavy atom. The van der Waals surface area contributed by atoms with E-state index in [1.54, 1.807) is 0 Å². The van der Waals surface area contributed by atoms with Gasteiger partial charge in [0.05, 0.1) is 0 Å². The molecule has 3 heteroatoms. The molecule has 1 N–H and O–H groups in total. The SMILES string of the molecule is CCN(CC)C1CN(C2CCCNC2)C1. The summed E-state index contributed by atoms with van der Waals surface area (Å²) in [6.45, 7) is 12.0. The Morgan fingerprint density at radius 3 is 2.53 bits per heavy atom. The minimum Gasteiger partial charge on any atom is -0.315 e. The van der Waals surface area contributed by atoms with E-state index in [0.717, 1.165) is 12.1 Å².